The lowest BCUT2D eigenvalue weighted by Gasteiger charge is -2.31. The van der Waals surface area contributed by atoms with Gasteiger partial charge >= 0.3 is 0 Å². The second-order valence-electron chi connectivity index (χ2n) is 8.45. The van der Waals surface area contributed by atoms with Gasteiger partial charge in [-0.25, -0.2) is 0 Å². The lowest BCUT2D eigenvalue weighted by atomic mass is 9.87. The summed E-state index contributed by atoms with van der Waals surface area (Å²) in [5, 5.41) is 0. The van der Waals surface area contributed by atoms with Gasteiger partial charge in [0.15, 0.2) is 0 Å². The van der Waals surface area contributed by atoms with E-state index in [1.165, 1.54) is 6.42 Å². The molecule has 0 spiro atoms. The first-order valence-corrected chi connectivity index (χ1v) is 10.9. The van der Waals surface area contributed by atoms with Gasteiger partial charge in [0, 0.05) is 37.7 Å². The van der Waals surface area contributed by atoms with Crippen LogP contribution in [0.2, 0.25) is 0 Å². The third-order valence-electron chi connectivity index (χ3n) is 6.43. The fourth-order valence-corrected chi connectivity index (χ4v) is 4.64. The summed E-state index contributed by atoms with van der Waals surface area (Å²) in [6.07, 6.45) is 3.32. The lowest BCUT2D eigenvalue weighted by molar-refractivity contribution is -0.136. The Kier molecular flexibility index (Phi) is 6.07. The number of ether oxygens (including phenoxy) is 1. The van der Waals surface area contributed by atoms with Crippen LogP contribution in [0.4, 0.5) is 0 Å². The number of hydrogen-bond acceptors (Lipinski definition) is 3. The third kappa shape index (κ3) is 4.20. The van der Waals surface area contributed by atoms with Gasteiger partial charge in [-0.1, -0.05) is 29.8 Å². The number of methoxy groups -OCH3 is 1. The van der Waals surface area contributed by atoms with Crippen LogP contribution in [0, 0.1) is 12.8 Å². The summed E-state index contributed by atoms with van der Waals surface area (Å²) in [7, 11) is 1.65. The Morgan fingerprint density at radius 2 is 1.53 bits per heavy atom. The summed E-state index contributed by atoms with van der Waals surface area (Å²) >= 11 is 0. The number of carbonyl (C=O) groups excluding carboxylic acids is 2. The number of piperidine rings is 1. The maximum Gasteiger partial charge on any atom is 0.253 e. The maximum atomic E-state index is 13.4. The van der Waals surface area contributed by atoms with E-state index in [4.69, 9.17) is 4.74 Å². The minimum absolute atomic E-state index is 0.000249. The number of likely N-dealkylation sites (tertiary alicyclic amines) is 2. The van der Waals surface area contributed by atoms with Crippen LogP contribution in [0.5, 0.6) is 5.75 Å². The largest absolute Gasteiger partial charge is 0.497 e. The van der Waals surface area contributed by atoms with E-state index in [0.717, 1.165) is 42.8 Å². The molecule has 0 unspecified atom stereocenters. The molecule has 2 aliphatic rings. The average Bonchev–Trinajstić information content (AvgIpc) is 3.24. The molecule has 0 aromatic heterocycles. The highest BCUT2D eigenvalue weighted by molar-refractivity contribution is 5.95. The Balaban J connectivity index is 1.59. The van der Waals surface area contributed by atoms with Crippen molar-refractivity contribution in [3.63, 3.8) is 0 Å². The molecule has 158 valence electrons. The van der Waals surface area contributed by atoms with Crippen LogP contribution in [-0.4, -0.2) is 54.9 Å². The highest BCUT2D eigenvalue weighted by atomic mass is 16.5. The normalized spacial score (nSPS) is 21.5. The van der Waals surface area contributed by atoms with Crippen molar-refractivity contribution in [1.29, 1.82) is 0 Å². The number of amides is 2. The molecule has 2 atom stereocenters. The Labute approximate surface area is 178 Å². The van der Waals surface area contributed by atoms with Gasteiger partial charge in [-0.3, -0.25) is 9.59 Å². The fourth-order valence-electron chi connectivity index (χ4n) is 4.64. The first-order valence-electron chi connectivity index (χ1n) is 10.9. The van der Waals surface area contributed by atoms with Crippen LogP contribution in [0.15, 0.2) is 48.5 Å². The van der Waals surface area contributed by atoms with Gasteiger partial charge in [-0.15, -0.1) is 0 Å². The number of nitrogens with zero attached hydrogens (tertiary/aromatic N) is 2. The predicted molar refractivity (Wildman–Crippen MR) is 117 cm³/mol. The topological polar surface area (TPSA) is 49.9 Å². The Morgan fingerprint density at radius 3 is 2.17 bits per heavy atom. The molecule has 5 heteroatoms. The number of hydrogen-bond donors (Lipinski definition) is 0. The van der Waals surface area contributed by atoms with Gasteiger partial charge in [-0.05, 0) is 56.0 Å². The highest BCUT2D eigenvalue weighted by Crippen LogP contribution is 2.36. The standard InChI is InChI=1S/C25H30N2O3/c1-18-6-8-20(9-7-18)24(28)27-16-22(19-10-12-21(30-2)13-11-19)23(17-27)25(29)26-14-4-3-5-15-26/h6-13,22-23H,3-5,14-17H2,1-2H3/t22-,23-/m0/s1. The van der Waals surface area contributed by atoms with E-state index in [-0.39, 0.29) is 23.7 Å². The van der Waals surface area contributed by atoms with E-state index in [2.05, 4.69) is 0 Å². The summed E-state index contributed by atoms with van der Waals surface area (Å²) in [5.74, 6) is 0.783. The molecule has 4 rings (SSSR count). The molecule has 0 bridgehead atoms. The van der Waals surface area contributed by atoms with E-state index in [1.807, 2.05) is 65.3 Å². The van der Waals surface area contributed by atoms with Gasteiger partial charge in [0.2, 0.25) is 5.91 Å². The van der Waals surface area contributed by atoms with Crippen LogP contribution in [-0.2, 0) is 4.79 Å². The molecule has 0 N–H and O–H groups in total. The predicted octanol–water partition coefficient (Wildman–Crippen LogP) is 3.87. The van der Waals surface area contributed by atoms with Crippen LogP contribution in [0.1, 0.15) is 46.7 Å². The van der Waals surface area contributed by atoms with Crippen LogP contribution in [0.25, 0.3) is 0 Å². The van der Waals surface area contributed by atoms with Gasteiger partial charge in [-0.2, -0.15) is 0 Å². The summed E-state index contributed by atoms with van der Waals surface area (Å²) < 4.78 is 5.29. The van der Waals surface area contributed by atoms with Crippen molar-refractivity contribution in [3.8, 4) is 5.75 Å². The quantitative estimate of drug-likeness (QED) is 0.774. The van der Waals surface area contributed by atoms with Crippen molar-refractivity contribution in [2.75, 3.05) is 33.3 Å². The van der Waals surface area contributed by atoms with E-state index < -0.39 is 0 Å². The van der Waals surface area contributed by atoms with E-state index in [9.17, 15) is 9.59 Å². The number of carbonyl (C=O) groups is 2. The smallest absolute Gasteiger partial charge is 0.253 e. The van der Waals surface area contributed by atoms with Crippen LogP contribution in [0.3, 0.4) is 0 Å². The van der Waals surface area contributed by atoms with Crippen molar-refractivity contribution >= 4 is 11.8 Å². The molecule has 2 heterocycles. The molecule has 2 saturated heterocycles. The second kappa shape index (κ2) is 8.90. The monoisotopic (exact) mass is 406 g/mol. The van der Waals surface area contributed by atoms with Gasteiger partial charge in [0.1, 0.15) is 5.75 Å². The Bertz CT molecular complexity index is 886. The van der Waals surface area contributed by atoms with Crippen LogP contribution >= 0.6 is 0 Å². The summed E-state index contributed by atoms with van der Waals surface area (Å²) in [4.78, 5) is 30.4. The SMILES string of the molecule is COc1ccc([C@@H]2CN(C(=O)c3ccc(C)cc3)C[C@@H]2C(=O)N2CCCCC2)cc1. The van der Waals surface area contributed by atoms with Crippen molar-refractivity contribution in [3.05, 3.63) is 65.2 Å². The molecule has 30 heavy (non-hydrogen) atoms. The van der Waals surface area contributed by atoms with Crippen LogP contribution < -0.4 is 4.74 Å². The molecule has 2 aromatic carbocycles. The molecular weight excluding hydrogens is 376 g/mol. The zero-order chi connectivity index (χ0) is 21.1. The number of benzene rings is 2. The fraction of sp³-hybridized carbons (Fsp3) is 0.440. The van der Waals surface area contributed by atoms with E-state index in [0.29, 0.717) is 18.7 Å². The first kappa shape index (κ1) is 20.5. The lowest BCUT2D eigenvalue weighted by Crippen LogP contribution is -2.42. The van der Waals surface area contributed by atoms with Crippen molar-refractivity contribution in [1.82, 2.24) is 9.80 Å². The zero-order valence-corrected chi connectivity index (χ0v) is 17.8. The minimum Gasteiger partial charge on any atom is -0.497 e. The van der Waals surface area contributed by atoms with Crippen molar-refractivity contribution < 1.29 is 14.3 Å². The number of aryl methyl sites for hydroxylation is 1. The minimum atomic E-state index is -0.203. The molecule has 2 amide bonds. The van der Waals surface area contributed by atoms with Crippen molar-refractivity contribution in [2.45, 2.75) is 32.1 Å². The second-order valence-corrected chi connectivity index (χ2v) is 8.45. The average molecular weight is 407 g/mol. The van der Waals surface area contributed by atoms with E-state index >= 15 is 0 Å². The van der Waals surface area contributed by atoms with Crippen molar-refractivity contribution in [2.24, 2.45) is 5.92 Å². The summed E-state index contributed by atoms with van der Waals surface area (Å²) in [6, 6.07) is 15.6. The Morgan fingerprint density at radius 1 is 0.867 bits per heavy atom. The summed E-state index contributed by atoms with van der Waals surface area (Å²) in [6.45, 7) is 4.70. The summed E-state index contributed by atoms with van der Waals surface area (Å²) in [5.41, 5.74) is 2.90. The molecular formula is C25H30N2O3. The van der Waals surface area contributed by atoms with Gasteiger partial charge in [0.05, 0.1) is 13.0 Å². The number of rotatable bonds is 4. The molecule has 2 aromatic rings. The highest BCUT2D eigenvalue weighted by Gasteiger charge is 2.42. The molecule has 5 nitrogen and oxygen atoms in total. The third-order valence-corrected chi connectivity index (χ3v) is 6.43. The zero-order valence-electron chi connectivity index (χ0n) is 17.8. The Hall–Kier alpha value is -2.82. The molecule has 0 radical (unpaired) electrons. The first-order chi connectivity index (χ1) is 14.6. The molecule has 2 fully saturated rings. The molecule has 2 aliphatic heterocycles. The van der Waals surface area contributed by atoms with E-state index in [1.54, 1.807) is 7.11 Å². The maximum absolute atomic E-state index is 13.4. The molecule has 0 aliphatic carbocycles. The van der Waals surface area contributed by atoms with Gasteiger partial charge in [0.25, 0.3) is 5.91 Å². The molecule has 0 saturated carbocycles. The van der Waals surface area contributed by atoms with Gasteiger partial charge < -0.3 is 14.5 Å².